The van der Waals surface area contributed by atoms with E-state index in [-0.39, 0.29) is 24.9 Å². The number of hydrogen-bond donors (Lipinski definition) is 2. The van der Waals surface area contributed by atoms with Crippen LogP contribution in [0.15, 0.2) is 24.3 Å². The lowest BCUT2D eigenvalue weighted by Gasteiger charge is -2.18. The molecule has 1 unspecified atom stereocenters. The topological polar surface area (TPSA) is 58.6 Å². The summed E-state index contributed by atoms with van der Waals surface area (Å²) in [5, 5.41) is 12.6. The maximum atomic E-state index is 13.0. The molecule has 2 N–H and O–H groups in total. The van der Waals surface area contributed by atoms with Gasteiger partial charge >= 0.3 is 0 Å². The lowest BCUT2D eigenvalue weighted by molar-refractivity contribution is -0.124. The summed E-state index contributed by atoms with van der Waals surface area (Å²) < 4.78 is 18.3. The van der Waals surface area contributed by atoms with Crippen LogP contribution in [0.25, 0.3) is 0 Å². The van der Waals surface area contributed by atoms with Crippen LogP contribution >= 0.6 is 0 Å². The Morgan fingerprint density at radius 2 is 1.95 bits per heavy atom. The van der Waals surface area contributed by atoms with Crippen molar-refractivity contribution in [3.8, 4) is 0 Å². The minimum absolute atomic E-state index is 0.109. The fraction of sp³-hybridized carbons (Fsp3) is 0.588. The molecular formula is C17H24FNO3. The summed E-state index contributed by atoms with van der Waals surface area (Å²) in [5.74, 6) is -0.00491. The third-order valence-corrected chi connectivity index (χ3v) is 3.84. The van der Waals surface area contributed by atoms with Gasteiger partial charge in [0, 0.05) is 13.2 Å². The third-order valence-electron chi connectivity index (χ3n) is 3.84. The van der Waals surface area contributed by atoms with Gasteiger partial charge in [0.15, 0.2) is 0 Å². The van der Waals surface area contributed by atoms with Gasteiger partial charge in [-0.15, -0.1) is 0 Å². The summed E-state index contributed by atoms with van der Waals surface area (Å²) in [6.45, 7) is 5.04. The van der Waals surface area contributed by atoms with Crippen molar-refractivity contribution in [3.63, 3.8) is 0 Å². The molecule has 1 aromatic carbocycles. The molecule has 0 spiro atoms. The number of halogens is 1. The van der Waals surface area contributed by atoms with Gasteiger partial charge < -0.3 is 15.2 Å². The monoisotopic (exact) mass is 309 g/mol. The first-order chi connectivity index (χ1) is 10.4. The molecule has 1 fully saturated rings. The van der Waals surface area contributed by atoms with Crippen LogP contribution in [0.1, 0.15) is 32.3 Å². The molecule has 122 valence electrons. The van der Waals surface area contributed by atoms with E-state index in [1.807, 2.05) is 13.8 Å². The Morgan fingerprint density at radius 1 is 1.32 bits per heavy atom. The third kappa shape index (κ3) is 4.27. The fourth-order valence-electron chi connectivity index (χ4n) is 2.42. The highest BCUT2D eigenvalue weighted by molar-refractivity contribution is 5.91. The normalized spacial score (nSPS) is 17.3. The van der Waals surface area contributed by atoms with Gasteiger partial charge in [0.25, 0.3) is 0 Å². The molecule has 0 radical (unpaired) electrons. The summed E-state index contributed by atoms with van der Waals surface area (Å²) in [5.41, 5.74) is 0.281. The lowest BCUT2D eigenvalue weighted by atomic mass is 9.95. The highest BCUT2D eigenvalue weighted by atomic mass is 19.1. The number of benzene rings is 1. The Balaban J connectivity index is 1.81. The zero-order valence-electron chi connectivity index (χ0n) is 13.1. The fourth-order valence-corrected chi connectivity index (χ4v) is 2.42. The van der Waals surface area contributed by atoms with Gasteiger partial charge in [-0.2, -0.15) is 0 Å². The largest absolute Gasteiger partial charge is 0.389 e. The minimum Gasteiger partial charge on any atom is -0.389 e. The second-order valence-corrected chi connectivity index (χ2v) is 6.38. The summed E-state index contributed by atoms with van der Waals surface area (Å²) in [7, 11) is 0. The van der Waals surface area contributed by atoms with Crippen molar-refractivity contribution in [2.75, 3.05) is 19.8 Å². The van der Waals surface area contributed by atoms with Crippen LogP contribution in [-0.2, 0) is 14.9 Å². The molecule has 1 aromatic rings. The van der Waals surface area contributed by atoms with Crippen molar-refractivity contribution in [1.82, 2.24) is 5.32 Å². The van der Waals surface area contributed by atoms with Crippen molar-refractivity contribution in [2.45, 2.75) is 38.2 Å². The van der Waals surface area contributed by atoms with E-state index in [0.29, 0.717) is 12.5 Å². The number of amides is 1. The van der Waals surface area contributed by atoms with Crippen LogP contribution in [0.2, 0.25) is 0 Å². The molecule has 0 saturated heterocycles. The standard InChI is InChI=1S/C17H24FNO3/c1-12(2)10-22-11-15(20)9-19-16(21)17(7-8-17)13-3-5-14(18)6-4-13/h3-6,12,15,20H,7-11H2,1-2H3,(H,19,21). The van der Waals surface area contributed by atoms with Crippen molar-refractivity contribution < 1.29 is 19.0 Å². The van der Waals surface area contributed by atoms with E-state index in [1.54, 1.807) is 12.1 Å². The molecule has 2 rings (SSSR count). The molecule has 0 aliphatic heterocycles. The molecule has 0 aromatic heterocycles. The maximum Gasteiger partial charge on any atom is 0.230 e. The molecule has 1 saturated carbocycles. The van der Waals surface area contributed by atoms with Gasteiger partial charge in [0.1, 0.15) is 5.82 Å². The smallest absolute Gasteiger partial charge is 0.230 e. The average Bonchev–Trinajstić information content (AvgIpc) is 3.27. The minimum atomic E-state index is -0.716. The molecule has 0 heterocycles. The van der Waals surface area contributed by atoms with E-state index < -0.39 is 11.5 Å². The molecule has 5 heteroatoms. The number of carbonyl (C=O) groups excluding carboxylic acids is 1. The zero-order chi connectivity index (χ0) is 16.2. The Labute approximate surface area is 130 Å². The number of nitrogens with one attached hydrogen (secondary N) is 1. The van der Waals surface area contributed by atoms with Gasteiger partial charge in [0.05, 0.1) is 18.1 Å². The van der Waals surface area contributed by atoms with Crippen molar-refractivity contribution in [1.29, 1.82) is 0 Å². The van der Waals surface area contributed by atoms with Crippen molar-refractivity contribution in [3.05, 3.63) is 35.6 Å². The Hall–Kier alpha value is -1.46. The molecule has 4 nitrogen and oxygen atoms in total. The van der Waals surface area contributed by atoms with E-state index in [4.69, 9.17) is 4.74 Å². The number of aliphatic hydroxyl groups is 1. The molecular weight excluding hydrogens is 285 g/mol. The van der Waals surface area contributed by atoms with Gasteiger partial charge in [-0.25, -0.2) is 4.39 Å². The van der Waals surface area contributed by atoms with Crippen LogP contribution in [0.5, 0.6) is 0 Å². The van der Waals surface area contributed by atoms with E-state index in [0.717, 1.165) is 18.4 Å². The number of aliphatic hydroxyl groups excluding tert-OH is 1. The summed E-state index contributed by atoms with van der Waals surface area (Å²) >= 11 is 0. The Bertz CT molecular complexity index is 497. The van der Waals surface area contributed by atoms with E-state index in [1.165, 1.54) is 12.1 Å². The van der Waals surface area contributed by atoms with Crippen LogP contribution in [-0.4, -0.2) is 36.9 Å². The second-order valence-electron chi connectivity index (χ2n) is 6.38. The van der Waals surface area contributed by atoms with Gasteiger partial charge in [-0.3, -0.25) is 4.79 Å². The first-order valence-electron chi connectivity index (χ1n) is 7.74. The molecule has 22 heavy (non-hydrogen) atoms. The van der Waals surface area contributed by atoms with Crippen molar-refractivity contribution >= 4 is 5.91 Å². The lowest BCUT2D eigenvalue weighted by Crippen LogP contribution is -2.40. The Kier molecular flexibility index (Phi) is 5.53. The summed E-state index contributed by atoms with van der Waals surface area (Å²) in [6.07, 6.45) is 0.793. The molecule has 1 aliphatic carbocycles. The first kappa shape index (κ1) is 16.9. The van der Waals surface area contributed by atoms with E-state index in [2.05, 4.69) is 5.32 Å². The second kappa shape index (κ2) is 7.20. The number of rotatable bonds is 8. The van der Waals surface area contributed by atoms with Gasteiger partial charge in [-0.05, 0) is 36.5 Å². The number of hydrogen-bond acceptors (Lipinski definition) is 3. The SMILES string of the molecule is CC(C)COCC(O)CNC(=O)C1(c2ccc(F)cc2)CC1. The van der Waals surface area contributed by atoms with Crippen LogP contribution < -0.4 is 5.32 Å². The van der Waals surface area contributed by atoms with Gasteiger partial charge in [0.2, 0.25) is 5.91 Å². The molecule has 0 bridgehead atoms. The molecule has 1 amide bonds. The number of ether oxygens (including phenoxy) is 1. The van der Waals surface area contributed by atoms with Crippen LogP contribution in [0.3, 0.4) is 0 Å². The van der Waals surface area contributed by atoms with Crippen LogP contribution in [0, 0.1) is 11.7 Å². The summed E-state index contributed by atoms with van der Waals surface area (Å²) in [6, 6.07) is 6.06. The number of carbonyl (C=O) groups is 1. The predicted molar refractivity (Wildman–Crippen MR) is 82.0 cm³/mol. The average molecular weight is 309 g/mol. The maximum absolute atomic E-state index is 13.0. The first-order valence-corrected chi connectivity index (χ1v) is 7.74. The van der Waals surface area contributed by atoms with Gasteiger partial charge in [-0.1, -0.05) is 26.0 Å². The Morgan fingerprint density at radius 3 is 2.50 bits per heavy atom. The van der Waals surface area contributed by atoms with Crippen LogP contribution in [0.4, 0.5) is 4.39 Å². The molecule has 1 atom stereocenters. The van der Waals surface area contributed by atoms with E-state index in [9.17, 15) is 14.3 Å². The highest BCUT2D eigenvalue weighted by Gasteiger charge is 2.51. The van der Waals surface area contributed by atoms with Crippen molar-refractivity contribution in [2.24, 2.45) is 5.92 Å². The van der Waals surface area contributed by atoms with E-state index >= 15 is 0 Å². The zero-order valence-corrected chi connectivity index (χ0v) is 13.1. The summed E-state index contributed by atoms with van der Waals surface area (Å²) in [4.78, 5) is 12.3. The predicted octanol–water partition coefficient (Wildman–Crippen LogP) is 2.01. The highest BCUT2D eigenvalue weighted by Crippen LogP contribution is 2.48. The molecule has 1 aliphatic rings. The quantitative estimate of drug-likeness (QED) is 0.772.